The summed E-state index contributed by atoms with van der Waals surface area (Å²) in [6, 6.07) is 15.7. The number of unbranched alkanes of at least 4 members (excludes halogenated alkanes) is 14. The highest BCUT2D eigenvalue weighted by atomic mass is 14.7. The second kappa shape index (κ2) is 17.4. The van der Waals surface area contributed by atoms with Gasteiger partial charge in [0.15, 0.2) is 0 Å². The Morgan fingerprint density at radius 1 is 0.457 bits per heavy atom. The van der Waals surface area contributed by atoms with Crippen molar-refractivity contribution in [2.75, 3.05) is 0 Å². The standard InChI is InChI=1S/C46H68/c1-5-9-13-17-21-25-39-33-45-35-40(26-22-18-14-10-6-2)36-46(45,34-39)44-30-28-38(24-20-16-12-8-4)32-42(44)41-31-37(27-29-43(41)45)23-19-15-11-7-3/h25-32H,5-24,33-36H2,1-4H3. The van der Waals surface area contributed by atoms with E-state index in [4.69, 9.17) is 0 Å². The lowest BCUT2D eigenvalue weighted by Crippen LogP contribution is -2.43. The molecule has 0 saturated heterocycles. The van der Waals surface area contributed by atoms with Gasteiger partial charge in [0.2, 0.25) is 0 Å². The molecule has 2 saturated carbocycles. The lowest BCUT2D eigenvalue weighted by atomic mass is 9.55. The minimum Gasteiger partial charge on any atom is -0.0853 e. The fourth-order valence-corrected chi connectivity index (χ4v) is 9.70. The quantitative estimate of drug-likeness (QED) is 0.102. The highest BCUT2D eigenvalue weighted by Gasteiger charge is 2.64. The highest BCUT2D eigenvalue weighted by Crippen LogP contribution is 2.71. The zero-order valence-electron chi connectivity index (χ0n) is 30.6. The highest BCUT2D eigenvalue weighted by molar-refractivity contribution is 5.81. The molecular weight excluding hydrogens is 553 g/mol. The number of hydrogen-bond acceptors (Lipinski definition) is 0. The van der Waals surface area contributed by atoms with Gasteiger partial charge in [-0.15, -0.1) is 0 Å². The molecule has 0 N–H and O–H groups in total. The van der Waals surface area contributed by atoms with Gasteiger partial charge < -0.3 is 0 Å². The lowest BCUT2D eigenvalue weighted by molar-refractivity contribution is 0.299. The van der Waals surface area contributed by atoms with Crippen LogP contribution in [0.3, 0.4) is 0 Å². The van der Waals surface area contributed by atoms with Crippen LogP contribution in [0.2, 0.25) is 0 Å². The van der Waals surface area contributed by atoms with Crippen molar-refractivity contribution in [2.24, 2.45) is 0 Å². The minimum atomic E-state index is 0.225. The van der Waals surface area contributed by atoms with Crippen molar-refractivity contribution in [3.63, 3.8) is 0 Å². The molecule has 46 heavy (non-hydrogen) atoms. The topological polar surface area (TPSA) is 0 Å². The summed E-state index contributed by atoms with van der Waals surface area (Å²) < 4.78 is 0. The average Bonchev–Trinajstić information content (AvgIpc) is 3.56. The summed E-state index contributed by atoms with van der Waals surface area (Å²) >= 11 is 0. The van der Waals surface area contributed by atoms with Gasteiger partial charge in [0.25, 0.3) is 0 Å². The molecule has 2 aromatic carbocycles. The summed E-state index contributed by atoms with van der Waals surface area (Å²) in [5, 5.41) is 0. The second-order valence-electron chi connectivity index (χ2n) is 15.7. The first-order valence-electron chi connectivity index (χ1n) is 20.2. The number of benzene rings is 2. The average molecular weight is 621 g/mol. The zero-order chi connectivity index (χ0) is 32.2. The van der Waals surface area contributed by atoms with Crippen LogP contribution in [0.15, 0.2) is 59.7 Å². The largest absolute Gasteiger partial charge is 0.0853 e. The van der Waals surface area contributed by atoms with Crippen LogP contribution >= 0.6 is 0 Å². The molecule has 0 bridgehead atoms. The van der Waals surface area contributed by atoms with Crippen LogP contribution in [0, 0.1) is 0 Å². The van der Waals surface area contributed by atoms with E-state index in [-0.39, 0.29) is 10.8 Å². The van der Waals surface area contributed by atoms with Crippen LogP contribution < -0.4 is 0 Å². The SMILES string of the molecule is CCCCCCC=C1CC23CC(=CCCCCCC)CC2(C1)c1ccc(CCCCCC)cc1-c1cc(CCCCCC)ccc13. The molecule has 0 heterocycles. The van der Waals surface area contributed by atoms with Gasteiger partial charge in [-0.05, 0) is 110 Å². The van der Waals surface area contributed by atoms with Crippen molar-refractivity contribution in [3.8, 4) is 11.1 Å². The number of allylic oxidation sites excluding steroid dienone is 4. The normalized spacial score (nSPS) is 21.2. The first-order chi connectivity index (χ1) is 22.6. The summed E-state index contributed by atoms with van der Waals surface area (Å²) in [5.41, 5.74) is 13.7. The summed E-state index contributed by atoms with van der Waals surface area (Å²) in [4.78, 5) is 0. The number of aryl methyl sites for hydroxylation is 2. The molecule has 2 aromatic rings. The molecular formula is C46H68. The Morgan fingerprint density at radius 3 is 1.20 bits per heavy atom. The molecule has 0 nitrogen and oxygen atoms in total. The van der Waals surface area contributed by atoms with Crippen molar-refractivity contribution < 1.29 is 0 Å². The predicted octanol–water partition coefficient (Wildman–Crippen LogP) is 14.5. The van der Waals surface area contributed by atoms with E-state index in [1.807, 2.05) is 0 Å². The summed E-state index contributed by atoms with van der Waals surface area (Å²) in [6.07, 6.45) is 37.1. The molecule has 3 aliphatic rings. The lowest BCUT2D eigenvalue weighted by Gasteiger charge is -2.47. The van der Waals surface area contributed by atoms with Crippen LogP contribution in [-0.4, -0.2) is 0 Å². The van der Waals surface area contributed by atoms with Crippen LogP contribution in [0.25, 0.3) is 11.1 Å². The summed E-state index contributed by atoms with van der Waals surface area (Å²) in [5.74, 6) is 0. The molecule has 0 spiro atoms. The van der Waals surface area contributed by atoms with Crippen molar-refractivity contribution in [1.29, 1.82) is 0 Å². The minimum absolute atomic E-state index is 0.225. The monoisotopic (exact) mass is 621 g/mol. The van der Waals surface area contributed by atoms with Gasteiger partial charge >= 0.3 is 0 Å². The molecule has 0 heteroatoms. The van der Waals surface area contributed by atoms with E-state index in [1.54, 1.807) is 44.5 Å². The molecule has 252 valence electrons. The maximum absolute atomic E-state index is 2.71. The van der Waals surface area contributed by atoms with Crippen molar-refractivity contribution in [1.82, 2.24) is 0 Å². The maximum Gasteiger partial charge on any atom is 0.0136 e. The Balaban J connectivity index is 1.55. The van der Waals surface area contributed by atoms with Crippen LogP contribution in [-0.2, 0) is 23.7 Å². The van der Waals surface area contributed by atoms with E-state index in [0.717, 1.165) is 0 Å². The van der Waals surface area contributed by atoms with E-state index in [0.29, 0.717) is 0 Å². The van der Waals surface area contributed by atoms with Crippen molar-refractivity contribution in [3.05, 3.63) is 82.0 Å². The van der Waals surface area contributed by atoms with E-state index >= 15 is 0 Å². The molecule has 0 aromatic heterocycles. The molecule has 0 radical (unpaired) electrons. The van der Waals surface area contributed by atoms with Gasteiger partial charge in [-0.25, -0.2) is 0 Å². The number of hydrogen-bond donors (Lipinski definition) is 0. The van der Waals surface area contributed by atoms with Crippen LogP contribution in [0.5, 0.6) is 0 Å². The number of rotatable bonds is 20. The van der Waals surface area contributed by atoms with E-state index in [1.165, 1.54) is 154 Å². The van der Waals surface area contributed by atoms with Gasteiger partial charge in [0.05, 0.1) is 0 Å². The second-order valence-corrected chi connectivity index (χ2v) is 15.7. The van der Waals surface area contributed by atoms with E-state index < -0.39 is 0 Å². The summed E-state index contributed by atoms with van der Waals surface area (Å²) in [6.45, 7) is 9.31. The Hall–Kier alpha value is -2.08. The Kier molecular flexibility index (Phi) is 13.3. The maximum atomic E-state index is 2.71. The van der Waals surface area contributed by atoms with E-state index in [2.05, 4.69) is 76.2 Å². The van der Waals surface area contributed by atoms with Crippen LogP contribution in [0.1, 0.15) is 191 Å². The number of fused-ring (bicyclic) bond motifs is 3. The molecule has 5 rings (SSSR count). The van der Waals surface area contributed by atoms with E-state index in [9.17, 15) is 0 Å². The Morgan fingerprint density at radius 2 is 0.826 bits per heavy atom. The van der Waals surface area contributed by atoms with Gasteiger partial charge in [-0.3, -0.25) is 0 Å². The predicted molar refractivity (Wildman–Crippen MR) is 203 cm³/mol. The van der Waals surface area contributed by atoms with Crippen molar-refractivity contribution >= 4 is 0 Å². The van der Waals surface area contributed by atoms with Gasteiger partial charge in [-0.1, -0.05) is 164 Å². The molecule has 2 fully saturated rings. The first kappa shape index (κ1) is 35.2. The third-order valence-corrected chi connectivity index (χ3v) is 12.1. The van der Waals surface area contributed by atoms with Gasteiger partial charge in [0.1, 0.15) is 0 Å². The third kappa shape index (κ3) is 7.79. The first-order valence-corrected chi connectivity index (χ1v) is 20.2. The van der Waals surface area contributed by atoms with Gasteiger partial charge in [0, 0.05) is 10.8 Å². The molecule has 3 aliphatic carbocycles. The zero-order valence-corrected chi connectivity index (χ0v) is 30.6. The van der Waals surface area contributed by atoms with Crippen LogP contribution in [0.4, 0.5) is 0 Å². The third-order valence-electron chi connectivity index (χ3n) is 12.1. The fraction of sp³-hybridized carbons (Fsp3) is 0.652. The molecule has 0 unspecified atom stereocenters. The Labute approximate surface area is 284 Å². The molecule has 0 aliphatic heterocycles. The summed E-state index contributed by atoms with van der Waals surface area (Å²) in [7, 11) is 0. The molecule has 0 atom stereocenters. The van der Waals surface area contributed by atoms with Gasteiger partial charge in [-0.2, -0.15) is 0 Å². The fourth-order valence-electron chi connectivity index (χ4n) is 9.70. The Bertz CT molecular complexity index is 1180. The molecule has 0 amide bonds. The van der Waals surface area contributed by atoms with Crippen molar-refractivity contribution in [2.45, 2.75) is 193 Å². The smallest absolute Gasteiger partial charge is 0.0136 e.